The average Bonchev–Trinajstić information content (AvgIpc) is 2.71. The van der Waals surface area contributed by atoms with Gasteiger partial charge < -0.3 is 19.1 Å². The summed E-state index contributed by atoms with van der Waals surface area (Å²) in [4.78, 5) is 25.4. The first-order chi connectivity index (χ1) is 14.2. The van der Waals surface area contributed by atoms with Gasteiger partial charge >= 0.3 is 12.1 Å². The van der Waals surface area contributed by atoms with Crippen LogP contribution in [-0.2, 0) is 26.2 Å². The quantitative estimate of drug-likeness (QED) is 0.748. The van der Waals surface area contributed by atoms with Crippen molar-refractivity contribution in [2.75, 3.05) is 27.9 Å². The molecule has 3 aliphatic rings. The van der Waals surface area contributed by atoms with Crippen LogP contribution < -0.4 is 9.47 Å². The van der Waals surface area contributed by atoms with E-state index in [0.29, 0.717) is 17.1 Å². The fraction of sp³-hybridized carbons (Fsp3) is 0.429. The van der Waals surface area contributed by atoms with Gasteiger partial charge in [-0.3, -0.25) is 9.59 Å². The molecule has 4 rings (SSSR count). The molecule has 0 radical (unpaired) electrons. The van der Waals surface area contributed by atoms with E-state index in [-0.39, 0.29) is 25.1 Å². The van der Waals surface area contributed by atoms with E-state index in [9.17, 15) is 22.8 Å². The van der Waals surface area contributed by atoms with E-state index in [1.165, 1.54) is 27.4 Å². The second kappa shape index (κ2) is 6.78. The Bertz CT molecular complexity index is 997. The molecule has 2 bridgehead atoms. The molecule has 1 aromatic rings. The molecule has 0 aromatic heterocycles. The maximum absolute atomic E-state index is 13.2. The molecule has 1 aliphatic heterocycles. The molecular formula is C21H20F3NO5. The van der Waals surface area contributed by atoms with Crippen molar-refractivity contribution in [3.8, 4) is 11.5 Å². The van der Waals surface area contributed by atoms with Crippen molar-refractivity contribution in [2.45, 2.75) is 30.5 Å². The van der Waals surface area contributed by atoms with E-state index in [1.54, 1.807) is 18.2 Å². The number of nitrogens with zero attached hydrogens (tertiary/aromatic N) is 1. The number of carbonyl (C=O) groups excluding carboxylic acids is 2. The summed E-state index contributed by atoms with van der Waals surface area (Å²) in [5.74, 6) is -1.30. The maximum Gasteiger partial charge on any atom is 0.471 e. The van der Waals surface area contributed by atoms with E-state index in [4.69, 9.17) is 14.2 Å². The molecule has 0 spiro atoms. The van der Waals surface area contributed by atoms with Gasteiger partial charge in [0.25, 0.3) is 0 Å². The van der Waals surface area contributed by atoms with Crippen LogP contribution in [0.4, 0.5) is 13.2 Å². The number of ether oxygens (including phenoxy) is 3. The van der Waals surface area contributed by atoms with Gasteiger partial charge in [0, 0.05) is 12.0 Å². The summed E-state index contributed by atoms with van der Waals surface area (Å²) in [5, 5.41) is 0. The van der Waals surface area contributed by atoms with Crippen LogP contribution in [-0.4, -0.2) is 56.7 Å². The fourth-order valence-electron chi connectivity index (χ4n) is 4.82. The van der Waals surface area contributed by atoms with Crippen LogP contribution in [0.3, 0.4) is 0 Å². The second-order valence-corrected chi connectivity index (χ2v) is 7.48. The summed E-state index contributed by atoms with van der Waals surface area (Å²) in [6.45, 7) is -0.101. The van der Waals surface area contributed by atoms with Crippen molar-refractivity contribution in [1.29, 1.82) is 0 Å². The van der Waals surface area contributed by atoms with Gasteiger partial charge in [-0.1, -0.05) is 0 Å². The van der Waals surface area contributed by atoms with Crippen LogP contribution in [0, 0.1) is 0 Å². The minimum absolute atomic E-state index is 0.101. The number of ketones is 1. The molecule has 1 amide bonds. The Hall–Kier alpha value is -2.97. The van der Waals surface area contributed by atoms with Gasteiger partial charge in [0.2, 0.25) is 5.78 Å². The SMILES string of the molecule is COC1=CC23CCN(C(=O)C(F)(F)F)C(Cc4cc(OC)c(OC)cc42)C3=CC1=O. The molecule has 2 atom stereocenters. The first-order valence-corrected chi connectivity index (χ1v) is 9.32. The largest absolute Gasteiger partial charge is 0.493 e. The summed E-state index contributed by atoms with van der Waals surface area (Å²) >= 11 is 0. The van der Waals surface area contributed by atoms with Gasteiger partial charge in [-0.15, -0.1) is 0 Å². The number of piperidine rings is 1. The van der Waals surface area contributed by atoms with Crippen LogP contribution in [0.15, 0.2) is 35.6 Å². The first kappa shape index (κ1) is 20.3. The number of halogens is 3. The smallest absolute Gasteiger partial charge is 0.471 e. The molecule has 1 aromatic carbocycles. The highest BCUT2D eigenvalue weighted by Crippen LogP contribution is 2.54. The van der Waals surface area contributed by atoms with Crippen molar-refractivity contribution >= 4 is 11.7 Å². The van der Waals surface area contributed by atoms with Crippen molar-refractivity contribution in [3.05, 3.63) is 46.7 Å². The molecule has 2 aliphatic carbocycles. The van der Waals surface area contributed by atoms with E-state index in [0.717, 1.165) is 16.0 Å². The predicted octanol–water partition coefficient (Wildman–Crippen LogP) is 2.70. The van der Waals surface area contributed by atoms with Gasteiger partial charge in [-0.2, -0.15) is 13.2 Å². The summed E-state index contributed by atoms with van der Waals surface area (Å²) < 4.78 is 55.7. The number of amides is 1. The predicted molar refractivity (Wildman–Crippen MR) is 99.3 cm³/mol. The minimum Gasteiger partial charge on any atom is -0.493 e. The van der Waals surface area contributed by atoms with Crippen LogP contribution in [0.5, 0.6) is 11.5 Å². The summed E-state index contributed by atoms with van der Waals surface area (Å²) in [7, 11) is 4.34. The lowest BCUT2D eigenvalue weighted by molar-refractivity contribution is -0.188. The Morgan fingerprint density at radius 1 is 1.13 bits per heavy atom. The second-order valence-electron chi connectivity index (χ2n) is 7.48. The van der Waals surface area contributed by atoms with Crippen LogP contribution >= 0.6 is 0 Å². The molecule has 160 valence electrons. The molecule has 1 heterocycles. The van der Waals surface area contributed by atoms with E-state index in [2.05, 4.69) is 0 Å². The number of allylic oxidation sites excluding steroid dienone is 2. The van der Waals surface area contributed by atoms with E-state index in [1.807, 2.05) is 0 Å². The molecular weight excluding hydrogens is 403 g/mol. The number of hydrogen-bond acceptors (Lipinski definition) is 5. The highest BCUT2D eigenvalue weighted by atomic mass is 19.4. The van der Waals surface area contributed by atoms with Crippen molar-refractivity contribution in [2.24, 2.45) is 0 Å². The van der Waals surface area contributed by atoms with Gasteiger partial charge in [-0.25, -0.2) is 0 Å². The van der Waals surface area contributed by atoms with Crippen LogP contribution in [0.1, 0.15) is 17.5 Å². The van der Waals surface area contributed by atoms with Crippen molar-refractivity contribution < 1.29 is 37.0 Å². The number of rotatable bonds is 3. The number of likely N-dealkylation sites (tertiary alicyclic amines) is 1. The Kier molecular flexibility index (Phi) is 4.59. The molecule has 2 unspecified atom stereocenters. The minimum atomic E-state index is -5.00. The number of fused-ring (bicyclic) bond motifs is 1. The van der Waals surface area contributed by atoms with Gasteiger partial charge in [-0.05, 0) is 53.8 Å². The number of carbonyl (C=O) groups is 2. The van der Waals surface area contributed by atoms with Crippen molar-refractivity contribution in [1.82, 2.24) is 4.90 Å². The number of alkyl halides is 3. The van der Waals surface area contributed by atoms with Crippen molar-refractivity contribution in [3.63, 3.8) is 0 Å². The summed E-state index contributed by atoms with van der Waals surface area (Å²) in [6, 6.07) is 2.62. The number of methoxy groups -OCH3 is 3. The highest BCUT2D eigenvalue weighted by molar-refractivity contribution is 6.05. The van der Waals surface area contributed by atoms with Gasteiger partial charge in [0.05, 0.1) is 27.4 Å². The average molecular weight is 423 g/mol. The lowest BCUT2D eigenvalue weighted by Gasteiger charge is -2.53. The lowest BCUT2D eigenvalue weighted by atomic mass is 9.58. The fourth-order valence-corrected chi connectivity index (χ4v) is 4.82. The number of benzene rings is 1. The molecule has 0 N–H and O–H groups in total. The van der Waals surface area contributed by atoms with E-state index >= 15 is 0 Å². The van der Waals surface area contributed by atoms with Crippen LogP contribution in [0.2, 0.25) is 0 Å². The summed E-state index contributed by atoms with van der Waals surface area (Å²) in [5.41, 5.74) is 1.15. The standard InChI is InChI=1S/C21H20F3NO5/c1-28-16-7-11-6-14-13-8-15(26)18(30-3)10-20(13,12(11)9-17(16)29-2)4-5-25(14)19(27)21(22,23)24/h7-10,14H,4-6H2,1-3H3. The molecule has 9 heteroatoms. The van der Waals surface area contributed by atoms with Gasteiger partial charge in [0.1, 0.15) is 0 Å². The zero-order valence-corrected chi connectivity index (χ0v) is 16.6. The molecule has 1 saturated heterocycles. The Morgan fingerprint density at radius 2 is 1.80 bits per heavy atom. The highest BCUT2D eigenvalue weighted by Gasteiger charge is 2.55. The number of hydrogen-bond donors (Lipinski definition) is 0. The zero-order valence-electron chi connectivity index (χ0n) is 16.6. The topological polar surface area (TPSA) is 65.1 Å². The Balaban J connectivity index is 1.94. The lowest BCUT2D eigenvalue weighted by Crippen LogP contribution is -2.59. The molecule has 0 saturated carbocycles. The van der Waals surface area contributed by atoms with Gasteiger partial charge in [0.15, 0.2) is 17.3 Å². The monoisotopic (exact) mass is 423 g/mol. The zero-order chi connectivity index (χ0) is 21.8. The molecule has 1 fully saturated rings. The van der Waals surface area contributed by atoms with E-state index < -0.39 is 29.3 Å². The third kappa shape index (κ3) is 2.79. The molecule has 6 nitrogen and oxygen atoms in total. The third-order valence-corrected chi connectivity index (χ3v) is 6.13. The van der Waals surface area contributed by atoms with Crippen LogP contribution in [0.25, 0.3) is 0 Å². The molecule has 30 heavy (non-hydrogen) atoms. The first-order valence-electron chi connectivity index (χ1n) is 9.32. The normalized spacial score (nSPS) is 24.9. The maximum atomic E-state index is 13.2. The summed E-state index contributed by atoms with van der Waals surface area (Å²) in [6.07, 6.45) is -1.70. The Labute approximate surface area is 170 Å². The Morgan fingerprint density at radius 3 is 2.40 bits per heavy atom. The third-order valence-electron chi connectivity index (χ3n) is 6.13.